The molecule has 0 bridgehead atoms. The van der Waals surface area contributed by atoms with Crippen LogP contribution in [0.4, 0.5) is 0 Å². The molecule has 1 aliphatic carbocycles. The number of nitrogens with one attached hydrogen (secondary N) is 2. The van der Waals surface area contributed by atoms with Crippen LogP contribution in [0.25, 0.3) is 0 Å². The number of hydrogen-bond acceptors (Lipinski definition) is 5. The molecule has 0 radical (unpaired) electrons. The molecule has 1 aliphatic heterocycles. The van der Waals surface area contributed by atoms with Crippen LogP contribution in [-0.2, 0) is 9.59 Å². The van der Waals surface area contributed by atoms with E-state index in [4.69, 9.17) is 0 Å². The number of nitrogens with zero attached hydrogens (tertiary/aromatic N) is 3. The quantitative estimate of drug-likeness (QED) is 0.760. The number of carbonyl (C=O) groups is 3. The minimum Gasteiger partial charge on any atom is -0.352 e. The van der Waals surface area contributed by atoms with Crippen LogP contribution in [0.3, 0.4) is 0 Å². The Bertz CT molecular complexity index is 602. The van der Waals surface area contributed by atoms with Gasteiger partial charge in [-0.3, -0.25) is 19.4 Å². The number of rotatable bonds is 5. The highest BCUT2D eigenvalue weighted by Gasteiger charge is 2.36. The summed E-state index contributed by atoms with van der Waals surface area (Å²) in [6.45, 7) is 0.394. The van der Waals surface area contributed by atoms with Crippen molar-refractivity contribution in [2.45, 2.75) is 37.8 Å². The molecule has 3 amide bonds. The Labute approximate surface area is 133 Å². The van der Waals surface area contributed by atoms with Crippen molar-refractivity contribution in [1.29, 1.82) is 0 Å². The number of amides is 3. The highest BCUT2D eigenvalue weighted by Crippen LogP contribution is 2.22. The highest BCUT2D eigenvalue weighted by atomic mass is 16.2. The average Bonchev–Trinajstić information content (AvgIpc) is 3.24. The van der Waals surface area contributed by atoms with Gasteiger partial charge in [0.2, 0.25) is 11.8 Å². The molecule has 1 aromatic heterocycles. The molecule has 2 N–H and O–H groups in total. The maximum atomic E-state index is 12.3. The van der Waals surface area contributed by atoms with E-state index in [1.54, 1.807) is 4.90 Å². The Balaban J connectivity index is 1.52. The van der Waals surface area contributed by atoms with Crippen LogP contribution in [0, 0.1) is 0 Å². The van der Waals surface area contributed by atoms with E-state index in [1.165, 1.54) is 18.6 Å². The van der Waals surface area contributed by atoms with Gasteiger partial charge in [0.05, 0.1) is 12.7 Å². The fraction of sp³-hybridized carbons (Fsp3) is 0.533. The fourth-order valence-electron chi connectivity index (χ4n) is 2.63. The molecular formula is C15H19N5O3. The lowest BCUT2D eigenvalue weighted by atomic mass is 10.2. The van der Waals surface area contributed by atoms with Crippen molar-refractivity contribution in [2.75, 3.05) is 13.1 Å². The van der Waals surface area contributed by atoms with E-state index in [1.807, 2.05) is 0 Å². The SMILES string of the molecule is O=C(NCC(=O)N1CCC[C@H]1C(=O)NC1CC1)c1cnccn1. The number of hydrogen-bond donors (Lipinski definition) is 2. The normalized spacial score (nSPS) is 20.2. The van der Waals surface area contributed by atoms with Gasteiger partial charge >= 0.3 is 0 Å². The van der Waals surface area contributed by atoms with E-state index >= 15 is 0 Å². The largest absolute Gasteiger partial charge is 0.352 e. The minimum atomic E-state index is -0.454. The monoisotopic (exact) mass is 317 g/mol. The first kappa shape index (κ1) is 15.4. The van der Waals surface area contributed by atoms with Gasteiger partial charge in [-0.1, -0.05) is 0 Å². The third kappa shape index (κ3) is 3.82. The number of aromatic nitrogens is 2. The zero-order valence-corrected chi connectivity index (χ0v) is 12.7. The van der Waals surface area contributed by atoms with Crippen LogP contribution >= 0.6 is 0 Å². The molecule has 0 spiro atoms. The maximum Gasteiger partial charge on any atom is 0.271 e. The molecule has 0 unspecified atom stereocenters. The molecule has 1 aromatic rings. The first-order valence-corrected chi connectivity index (χ1v) is 7.79. The van der Waals surface area contributed by atoms with Crippen LogP contribution in [0.1, 0.15) is 36.2 Å². The van der Waals surface area contributed by atoms with Gasteiger partial charge in [0, 0.05) is 25.0 Å². The summed E-state index contributed by atoms with van der Waals surface area (Å²) in [7, 11) is 0. The Kier molecular flexibility index (Phi) is 4.50. The second-order valence-electron chi connectivity index (χ2n) is 5.80. The topological polar surface area (TPSA) is 104 Å². The van der Waals surface area contributed by atoms with Crippen LogP contribution in [-0.4, -0.2) is 57.8 Å². The van der Waals surface area contributed by atoms with Crippen molar-refractivity contribution < 1.29 is 14.4 Å². The van der Waals surface area contributed by atoms with Gasteiger partial charge in [-0.2, -0.15) is 0 Å². The molecule has 122 valence electrons. The standard InChI is InChI=1S/C15H19N5O3/c21-13(9-18-14(22)11-8-16-5-6-17-11)20-7-1-2-12(20)15(23)19-10-3-4-10/h5-6,8,10,12H,1-4,7,9H2,(H,18,22)(H,19,23)/t12-/m0/s1. The van der Waals surface area contributed by atoms with Crippen molar-refractivity contribution in [3.8, 4) is 0 Å². The molecule has 1 atom stereocenters. The van der Waals surface area contributed by atoms with Gasteiger partial charge in [0.25, 0.3) is 5.91 Å². The van der Waals surface area contributed by atoms with Crippen molar-refractivity contribution in [2.24, 2.45) is 0 Å². The second-order valence-corrected chi connectivity index (χ2v) is 5.80. The summed E-state index contributed by atoms with van der Waals surface area (Å²) in [4.78, 5) is 45.6. The van der Waals surface area contributed by atoms with E-state index in [0.29, 0.717) is 13.0 Å². The Morgan fingerprint density at radius 3 is 2.74 bits per heavy atom. The van der Waals surface area contributed by atoms with Crippen LogP contribution < -0.4 is 10.6 Å². The molecule has 0 aromatic carbocycles. The molecule has 3 rings (SSSR count). The Morgan fingerprint density at radius 2 is 2.04 bits per heavy atom. The molecular weight excluding hydrogens is 298 g/mol. The first-order chi connectivity index (χ1) is 11.1. The minimum absolute atomic E-state index is 0.0846. The summed E-state index contributed by atoms with van der Waals surface area (Å²) < 4.78 is 0. The third-order valence-electron chi connectivity index (χ3n) is 4.00. The lowest BCUT2D eigenvalue weighted by Gasteiger charge is -2.24. The van der Waals surface area contributed by atoms with Crippen molar-refractivity contribution in [3.63, 3.8) is 0 Å². The Hall–Kier alpha value is -2.51. The molecule has 1 saturated heterocycles. The Morgan fingerprint density at radius 1 is 1.22 bits per heavy atom. The van der Waals surface area contributed by atoms with Crippen LogP contribution in [0.15, 0.2) is 18.6 Å². The van der Waals surface area contributed by atoms with E-state index in [2.05, 4.69) is 20.6 Å². The fourth-order valence-corrected chi connectivity index (χ4v) is 2.63. The molecule has 8 heteroatoms. The van der Waals surface area contributed by atoms with Crippen LogP contribution in [0.2, 0.25) is 0 Å². The van der Waals surface area contributed by atoms with Crippen LogP contribution in [0.5, 0.6) is 0 Å². The van der Waals surface area contributed by atoms with Gasteiger partial charge in [-0.25, -0.2) is 4.98 Å². The summed E-state index contributed by atoms with van der Waals surface area (Å²) in [5, 5.41) is 5.46. The summed E-state index contributed by atoms with van der Waals surface area (Å²) in [5.41, 5.74) is 0.157. The van der Waals surface area contributed by atoms with E-state index in [9.17, 15) is 14.4 Å². The zero-order valence-electron chi connectivity index (χ0n) is 12.7. The molecule has 23 heavy (non-hydrogen) atoms. The lowest BCUT2D eigenvalue weighted by molar-refractivity contribution is -0.137. The van der Waals surface area contributed by atoms with Crippen molar-refractivity contribution in [3.05, 3.63) is 24.3 Å². The zero-order chi connectivity index (χ0) is 16.2. The van der Waals surface area contributed by atoms with Gasteiger partial charge < -0.3 is 15.5 Å². The summed E-state index contributed by atoms with van der Waals surface area (Å²) in [6, 6.07) is -0.145. The van der Waals surface area contributed by atoms with Gasteiger partial charge in [-0.15, -0.1) is 0 Å². The van der Waals surface area contributed by atoms with E-state index < -0.39 is 11.9 Å². The average molecular weight is 317 g/mol. The summed E-state index contributed by atoms with van der Waals surface area (Å²) >= 11 is 0. The smallest absolute Gasteiger partial charge is 0.271 e. The molecule has 2 heterocycles. The number of likely N-dealkylation sites (tertiary alicyclic amines) is 1. The molecule has 8 nitrogen and oxygen atoms in total. The second kappa shape index (κ2) is 6.72. The third-order valence-corrected chi connectivity index (χ3v) is 4.00. The van der Waals surface area contributed by atoms with Gasteiger partial charge in [0.1, 0.15) is 11.7 Å². The van der Waals surface area contributed by atoms with Gasteiger partial charge in [-0.05, 0) is 25.7 Å². The first-order valence-electron chi connectivity index (χ1n) is 7.79. The lowest BCUT2D eigenvalue weighted by Crippen LogP contribution is -2.49. The van der Waals surface area contributed by atoms with Crippen molar-refractivity contribution in [1.82, 2.24) is 25.5 Å². The van der Waals surface area contributed by atoms with E-state index in [0.717, 1.165) is 19.3 Å². The predicted molar refractivity (Wildman–Crippen MR) is 80.3 cm³/mol. The summed E-state index contributed by atoms with van der Waals surface area (Å²) in [5.74, 6) is -0.793. The maximum absolute atomic E-state index is 12.3. The molecule has 2 fully saturated rings. The number of carbonyl (C=O) groups excluding carboxylic acids is 3. The predicted octanol–water partition coefficient (Wildman–Crippen LogP) is -0.524. The molecule has 2 aliphatic rings. The summed E-state index contributed by atoms with van der Waals surface area (Å²) in [6.07, 6.45) is 7.71. The van der Waals surface area contributed by atoms with E-state index in [-0.39, 0.29) is 30.1 Å². The van der Waals surface area contributed by atoms with Gasteiger partial charge in [0.15, 0.2) is 0 Å². The molecule has 1 saturated carbocycles. The van der Waals surface area contributed by atoms with Crippen molar-refractivity contribution >= 4 is 17.7 Å². The highest BCUT2D eigenvalue weighted by molar-refractivity contribution is 5.95.